The van der Waals surface area contributed by atoms with E-state index in [0.717, 1.165) is 9.80 Å². The number of aliphatic carboxylic acids is 1. The van der Waals surface area contributed by atoms with Gasteiger partial charge in [0.1, 0.15) is 6.54 Å². The highest BCUT2D eigenvalue weighted by molar-refractivity contribution is 5.95. The van der Waals surface area contributed by atoms with Gasteiger partial charge in [-0.05, 0) is 12.0 Å². The van der Waals surface area contributed by atoms with E-state index >= 15 is 0 Å². The topological polar surface area (TPSA) is 73.7 Å². The van der Waals surface area contributed by atoms with Crippen LogP contribution in [0.15, 0.2) is 12.3 Å². The van der Waals surface area contributed by atoms with Crippen molar-refractivity contribution in [1.29, 1.82) is 0 Å². The fourth-order valence-corrected chi connectivity index (χ4v) is 2.52. The lowest BCUT2D eigenvalue weighted by Crippen LogP contribution is -2.41. The second-order valence-corrected chi connectivity index (χ2v) is 5.75. The number of hydrogen-bond acceptors (Lipinski definition) is 3. The zero-order chi connectivity index (χ0) is 18.2. The lowest BCUT2D eigenvalue weighted by molar-refractivity contribution is -0.138. The molecule has 0 aliphatic carbocycles. The molecule has 132 valence electrons. The van der Waals surface area contributed by atoms with Crippen LogP contribution < -0.4 is 4.90 Å². The predicted octanol–water partition coefficient (Wildman–Crippen LogP) is 2.59. The van der Waals surface area contributed by atoms with Crippen molar-refractivity contribution in [1.82, 2.24) is 9.88 Å². The summed E-state index contributed by atoms with van der Waals surface area (Å²) in [5.41, 5.74) is -1.27. The van der Waals surface area contributed by atoms with Gasteiger partial charge >= 0.3 is 18.2 Å². The summed E-state index contributed by atoms with van der Waals surface area (Å²) in [5.74, 6) is -3.21. The van der Waals surface area contributed by atoms with Crippen LogP contribution >= 0.6 is 0 Å². The molecule has 6 nitrogen and oxygen atoms in total. The minimum atomic E-state index is -4.75. The van der Waals surface area contributed by atoms with Gasteiger partial charge in [0.2, 0.25) is 0 Å². The minimum Gasteiger partial charge on any atom is -0.480 e. The molecule has 1 saturated heterocycles. The van der Waals surface area contributed by atoms with Gasteiger partial charge in [0.05, 0.1) is 18.2 Å². The number of amides is 2. The largest absolute Gasteiger partial charge is 0.480 e. The quantitative estimate of drug-likeness (QED) is 0.848. The van der Waals surface area contributed by atoms with E-state index in [1.165, 1.54) is 0 Å². The molecule has 24 heavy (non-hydrogen) atoms. The minimum absolute atomic E-state index is 0.0565. The molecule has 2 heterocycles. The van der Waals surface area contributed by atoms with E-state index in [2.05, 4.69) is 4.98 Å². The van der Waals surface area contributed by atoms with E-state index < -0.39 is 48.0 Å². The van der Waals surface area contributed by atoms with Crippen molar-refractivity contribution >= 4 is 17.8 Å². The molecular formula is C14H15F4N3O3. The second kappa shape index (κ2) is 6.25. The Morgan fingerprint density at radius 2 is 2.08 bits per heavy atom. The van der Waals surface area contributed by atoms with Gasteiger partial charge in [-0.3, -0.25) is 9.69 Å². The van der Waals surface area contributed by atoms with Crippen LogP contribution in [0.3, 0.4) is 0 Å². The molecule has 0 radical (unpaired) electrons. The molecule has 1 aromatic rings. The van der Waals surface area contributed by atoms with Crippen molar-refractivity contribution in [2.75, 3.05) is 18.0 Å². The van der Waals surface area contributed by atoms with Crippen molar-refractivity contribution in [3.8, 4) is 0 Å². The van der Waals surface area contributed by atoms with Gasteiger partial charge in [-0.25, -0.2) is 14.2 Å². The van der Waals surface area contributed by atoms with Crippen molar-refractivity contribution < 1.29 is 32.3 Å². The van der Waals surface area contributed by atoms with Crippen LogP contribution in [-0.4, -0.2) is 46.1 Å². The highest BCUT2D eigenvalue weighted by atomic mass is 19.4. The molecule has 1 atom stereocenters. The number of alkyl halides is 3. The zero-order valence-corrected chi connectivity index (χ0v) is 12.8. The molecule has 0 bridgehead atoms. The molecule has 10 heteroatoms. The lowest BCUT2D eigenvalue weighted by Gasteiger charge is -2.23. The van der Waals surface area contributed by atoms with Crippen molar-refractivity contribution in [2.24, 2.45) is 5.92 Å². The molecule has 0 spiro atoms. The van der Waals surface area contributed by atoms with Crippen molar-refractivity contribution in [2.45, 2.75) is 26.1 Å². The fourth-order valence-electron chi connectivity index (χ4n) is 2.52. The number of aromatic nitrogens is 1. The summed E-state index contributed by atoms with van der Waals surface area (Å²) >= 11 is 0. The van der Waals surface area contributed by atoms with Crippen molar-refractivity contribution in [3.05, 3.63) is 23.6 Å². The van der Waals surface area contributed by atoms with Crippen LogP contribution in [0.25, 0.3) is 0 Å². The van der Waals surface area contributed by atoms with Gasteiger partial charge in [0.15, 0.2) is 11.6 Å². The Kier molecular flexibility index (Phi) is 4.68. The molecule has 1 aliphatic heterocycles. The third-order valence-electron chi connectivity index (χ3n) is 3.73. The molecular weight excluding hydrogens is 334 g/mol. The predicted molar refractivity (Wildman–Crippen MR) is 74.9 cm³/mol. The Balaban J connectivity index is 2.35. The number of nitrogens with zero attached hydrogens (tertiary/aromatic N) is 3. The third kappa shape index (κ3) is 3.41. The summed E-state index contributed by atoms with van der Waals surface area (Å²) in [6, 6.07) is -1.06. The Hall–Kier alpha value is -2.39. The van der Waals surface area contributed by atoms with Crippen LogP contribution in [0.4, 0.5) is 28.2 Å². The van der Waals surface area contributed by atoms with Crippen LogP contribution in [0.1, 0.15) is 19.4 Å². The van der Waals surface area contributed by atoms with Crippen molar-refractivity contribution in [3.63, 3.8) is 0 Å². The Bertz CT molecular complexity index is 663. The van der Waals surface area contributed by atoms with E-state index in [0.29, 0.717) is 6.20 Å². The summed E-state index contributed by atoms with van der Waals surface area (Å²) in [7, 11) is 0. The highest BCUT2D eigenvalue weighted by Gasteiger charge is 2.42. The number of anilines is 1. The highest BCUT2D eigenvalue weighted by Crippen LogP contribution is 2.33. The molecule has 1 fully saturated rings. The van der Waals surface area contributed by atoms with E-state index in [4.69, 9.17) is 5.11 Å². The van der Waals surface area contributed by atoms with Gasteiger partial charge in [0, 0.05) is 6.20 Å². The van der Waals surface area contributed by atoms with E-state index in [1.54, 1.807) is 13.8 Å². The van der Waals surface area contributed by atoms with Gasteiger partial charge in [0.25, 0.3) is 0 Å². The summed E-state index contributed by atoms with van der Waals surface area (Å²) in [5, 5.41) is 8.90. The summed E-state index contributed by atoms with van der Waals surface area (Å²) in [4.78, 5) is 28.6. The Morgan fingerprint density at radius 1 is 1.46 bits per heavy atom. The first kappa shape index (κ1) is 18.0. The molecule has 2 amide bonds. The molecule has 1 aromatic heterocycles. The zero-order valence-electron chi connectivity index (χ0n) is 12.8. The van der Waals surface area contributed by atoms with Gasteiger partial charge in [-0.1, -0.05) is 13.8 Å². The molecule has 1 aliphatic rings. The molecule has 2 rings (SSSR count). The number of urea groups is 1. The third-order valence-corrected chi connectivity index (χ3v) is 3.73. The standard InChI is InChI=1S/C14H15F4N3O3/c1-7(2)10-5-21(13(24)20(10)6-11(22)23)12-9(15)3-8(4-19-12)14(16,17)18/h3-4,7,10H,5-6H2,1-2H3,(H,22,23)/t10-/m1/s1. The number of carbonyl (C=O) groups excluding carboxylic acids is 1. The smallest absolute Gasteiger partial charge is 0.417 e. The van der Waals surface area contributed by atoms with Crippen LogP contribution in [-0.2, 0) is 11.0 Å². The number of carbonyl (C=O) groups is 2. The first-order valence-electron chi connectivity index (χ1n) is 7.05. The number of hydrogen-bond donors (Lipinski definition) is 1. The first-order chi connectivity index (χ1) is 11.0. The number of halogens is 4. The van der Waals surface area contributed by atoms with E-state index in [9.17, 15) is 27.2 Å². The molecule has 0 unspecified atom stereocenters. The van der Waals surface area contributed by atoms with E-state index in [-0.39, 0.29) is 18.5 Å². The maximum absolute atomic E-state index is 14.0. The van der Waals surface area contributed by atoms with E-state index in [1.807, 2.05) is 0 Å². The summed E-state index contributed by atoms with van der Waals surface area (Å²) in [6.45, 7) is 2.87. The molecule has 1 N–H and O–H groups in total. The monoisotopic (exact) mass is 349 g/mol. The van der Waals surface area contributed by atoms with Crippen LogP contribution in [0, 0.1) is 11.7 Å². The van der Waals surface area contributed by atoms with Crippen LogP contribution in [0.5, 0.6) is 0 Å². The molecule has 0 aromatic carbocycles. The fraction of sp³-hybridized carbons (Fsp3) is 0.500. The first-order valence-corrected chi connectivity index (χ1v) is 7.05. The number of carboxylic acid groups (broad SMARTS) is 1. The Labute approximate surface area is 134 Å². The average molecular weight is 349 g/mol. The number of carboxylic acids is 1. The average Bonchev–Trinajstić information content (AvgIpc) is 2.75. The second-order valence-electron chi connectivity index (χ2n) is 5.75. The SMILES string of the molecule is CC(C)[C@H]1CN(c2ncc(C(F)(F)F)cc2F)C(=O)N1CC(=O)O. The normalized spacial score (nSPS) is 18.6. The van der Waals surface area contributed by atoms with Gasteiger partial charge < -0.3 is 10.0 Å². The maximum atomic E-state index is 14.0. The Morgan fingerprint density at radius 3 is 2.54 bits per heavy atom. The number of rotatable bonds is 4. The summed E-state index contributed by atoms with van der Waals surface area (Å²) in [6.07, 6.45) is -4.31. The maximum Gasteiger partial charge on any atom is 0.417 e. The van der Waals surface area contributed by atoms with Gasteiger partial charge in [-0.15, -0.1) is 0 Å². The summed E-state index contributed by atoms with van der Waals surface area (Å²) < 4.78 is 51.7. The van der Waals surface area contributed by atoms with Gasteiger partial charge in [-0.2, -0.15) is 13.2 Å². The lowest BCUT2D eigenvalue weighted by atomic mass is 10.0. The van der Waals surface area contributed by atoms with Crippen LogP contribution in [0.2, 0.25) is 0 Å². The molecule has 0 saturated carbocycles. The number of pyridine rings is 1.